The lowest BCUT2D eigenvalue weighted by Gasteiger charge is -2.32. The zero-order chi connectivity index (χ0) is 16.6. The summed E-state index contributed by atoms with van der Waals surface area (Å²) >= 11 is 5.80. The van der Waals surface area contributed by atoms with Crippen molar-refractivity contribution >= 4 is 17.5 Å². The first-order valence-corrected chi connectivity index (χ1v) is 7.38. The molecule has 3 heterocycles. The second-order valence-electron chi connectivity index (χ2n) is 5.33. The number of aromatic nitrogens is 2. The van der Waals surface area contributed by atoms with Gasteiger partial charge in [-0.3, -0.25) is 9.48 Å². The highest BCUT2D eigenvalue weighted by Gasteiger charge is 2.35. The Balaban J connectivity index is 1.75. The average Bonchev–Trinajstić information content (AvgIpc) is 3.15. The molecule has 2 aromatic heterocycles. The van der Waals surface area contributed by atoms with Gasteiger partial charge in [-0.05, 0) is 36.6 Å². The summed E-state index contributed by atoms with van der Waals surface area (Å²) in [5.74, 6) is -0.295. The van der Waals surface area contributed by atoms with Crippen molar-refractivity contribution in [3.8, 4) is 0 Å². The standard InChI is InChI=1S/C14H13ClF3N3O2/c15-12-10(4-7-23-12)13(22)20-5-1-2-9(8-20)21-6-3-11(19-21)14(16,17)18/h3-4,6-7,9H,1-2,5,8H2/t9-/m1/s1. The van der Waals surface area contributed by atoms with Crippen molar-refractivity contribution < 1.29 is 22.4 Å². The molecule has 1 fully saturated rings. The van der Waals surface area contributed by atoms with Crippen LogP contribution in [0, 0.1) is 0 Å². The fourth-order valence-electron chi connectivity index (χ4n) is 2.66. The van der Waals surface area contributed by atoms with Crippen LogP contribution in [0.3, 0.4) is 0 Å². The summed E-state index contributed by atoms with van der Waals surface area (Å²) in [5.41, 5.74) is -0.678. The molecule has 0 unspecified atom stereocenters. The van der Waals surface area contributed by atoms with Gasteiger partial charge in [0.25, 0.3) is 5.91 Å². The third-order valence-corrected chi connectivity index (χ3v) is 4.10. The summed E-state index contributed by atoms with van der Waals surface area (Å²) in [7, 11) is 0. The Morgan fingerprint density at radius 3 is 2.78 bits per heavy atom. The van der Waals surface area contributed by atoms with E-state index in [1.54, 1.807) is 4.90 Å². The minimum absolute atomic E-state index is 0.00979. The van der Waals surface area contributed by atoms with Crippen molar-refractivity contribution in [2.45, 2.75) is 25.1 Å². The van der Waals surface area contributed by atoms with Gasteiger partial charge in [-0.25, -0.2) is 0 Å². The van der Waals surface area contributed by atoms with Crippen LogP contribution >= 0.6 is 11.6 Å². The Labute approximate surface area is 134 Å². The predicted molar refractivity (Wildman–Crippen MR) is 75.1 cm³/mol. The number of furan rings is 1. The SMILES string of the molecule is O=C(c1ccoc1Cl)N1CCC[C@@H](n2ccc(C(F)(F)F)n2)C1. The smallest absolute Gasteiger partial charge is 0.435 e. The second kappa shape index (κ2) is 5.92. The predicted octanol–water partition coefficient (Wildman–Crippen LogP) is 3.63. The van der Waals surface area contributed by atoms with Gasteiger partial charge in [0.1, 0.15) is 0 Å². The van der Waals surface area contributed by atoms with Gasteiger partial charge in [0.05, 0.1) is 17.9 Å². The molecule has 0 bridgehead atoms. The van der Waals surface area contributed by atoms with Crippen LogP contribution in [0.5, 0.6) is 0 Å². The normalized spacial score (nSPS) is 19.1. The fourth-order valence-corrected chi connectivity index (χ4v) is 2.86. The number of halogens is 4. The molecule has 5 nitrogen and oxygen atoms in total. The maximum absolute atomic E-state index is 12.6. The number of carbonyl (C=O) groups excluding carboxylic acids is 1. The molecule has 0 saturated carbocycles. The Hall–Kier alpha value is -1.96. The van der Waals surface area contributed by atoms with Crippen molar-refractivity contribution in [2.75, 3.05) is 13.1 Å². The number of amides is 1. The summed E-state index contributed by atoms with van der Waals surface area (Å²) < 4.78 is 44.1. The van der Waals surface area contributed by atoms with Crippen LogP contribution in [0.1, 0.15) is 34.9 Å². The van der Waals surface area contributed by atoms with Crippen molar-refractivity contribution in [3.05, 3.63) is 41.1 Å². The van der Waals surface area contributed by atoms with E-state index in [0.717, 1.165) is 6.07 Å². The highest BCUT2D eigenvalue weighted by Crippen LogP contribution is 2.30. The van der Waals surface area contributed by atoms with Gasteiger partial charge in [-0.15, -0.1) is 0 Å². The molecule has 1 aliphatic rings. The fraction of sp³-hybridized carbons (Fsp3) is 0.429. The quantitative estimate of drug-likeness (QED) is 0.833. The molecular formula is C14H13ClF3N3O2. The van der Waals surface area contributed by atoms with Gasteiger partial charge in [-0.1, -0.05) is 0 Å². The molecule has 0 radical (unpaired) electrons. The van der Waals surface area contributed by atoms with Crippen LogP contribution in [0.4, 0.5) is 13.2 Å². The minimum atomic E-state index is -4.47. The van der Waals surface area contributed by atoms with E-state index in [0.29, 0.717) is 19.4 Å². The number of alkyl halides is 3. The Morgan fingerprint density at radius 1 is 1.39 bits per heavy atom. The molecule has 124 valence electrons. The van der Waals surface area contributed by atoms with Crippen LogP contribution in [0.15, 0.2) is 29.0 Å². The lowest BCUT2D eigenvalue weighted by atomic mass is 10.1. The molecule has 3 rings (SSSR count). The Morgan fingerprint density at radius 2 is 2.17 bits per heavy atom. The van der Waals surface area contributed by atoms with Crippen LogP contribution in [-0.2, 0) is 6.18 Å². The summed E-state index contributed by atoms with van der Waals surface area (Å²) in [5, 5.41) is 3.60. The zero-order valence-electron chi connectivity index (χ0n) is 11.9. The molecule has 1 amide bonds. The minimum Gasteiger partial charge on any atom is -0.452 e. The average molecular weight is 348 g/mol. The zero-order valence-corrected chi connectivity index (χ0v) is 12.6. The number of nitrogens with zero attached hydrogens (tertiary/aromatic N) is 3. The van der Waals surface area contributed by atoms with E-state index in [1.807, 2.05) is 0 Å². The van der Waals surface area contributed by atoms with E-state index in [-0.39, 0.29) is 29.3 Å². The van der Waals surface area contributed by atoms with Gasteiger partial charge in [0, 0.05) is 19.3 Å². The first-order valence-electron chi connectivity index (χ1n) is 7.01. The van der Waals surface area contributed by atoms with Crippen LogP contribution in [0.2, 0.25) is 5.22 Å². The largest absolute Gasteiger partial charge is 0.452 e. The molecule has 9 heteroatoms. The first kappa shape index (κ1) is 15.9. The number of carbonyl (C=O) groups is 1. The Kier molecular flexibility index (Phi) is 4.09. The maximum atomic E-state index is 12.6. The molecule has 0 aromatic carbocycles. The number of rotatable bonds is 2. The monoisotopic (exact) mass is 347 g/mol. The summed E-state index contributed by atoms with van der Waals surface area (Å²) in [6, 6.07) is 2.12. The first-order chi connectivity index (χ1) is 10.9. The Bertz CT molecular complexity index is 710. The van der Waals surface area contributed by atoms with E-state index in [9.17, 15) is 18.0 Å². The molecule has 2 aromatic rings. The van der Waals surface area contributed by atoms with Gasteiger partial charge >= 0.3 is 6.18 Å². The molecule has 1 atom stereocenters. The van der Waals surface area contributed by atoms with Gasteiger partial charge in [0.2, 0.25) is 5.22 Å². The van der Waals surface area contributed by atoms with E-state index >= 15 is 0 Å². The summed E-state index contributed by atoms with van der Waals surface area (Å²) in [6.07, 6.45) is -0.527. The van der Waals surface area contributed by atoms with E-state index in [2.05, 4.69) is 5.10 Å². The number of hydrogen-bond donors (Lipinski definition) is 0. The van der Waals surface area contributed by atoms with Crippen LogP contribution in [-0.4, -0.2) is 33.7 Å². The highest BCUT2D eigenvalue weighted by atomic mass is 35.5. The van der Waals surface area contributed by atoms with Gasteiger partial charge in [0.15, 0.2) is 5.69 Å². The molecule has 0 N–H and O–H groups in total. The van der Waals surface area contributed by atoms with Crippen molar-refractivity contribution in [1.82, 2.24) is 14.7 Å². The van der Waals surface area contributed by atoms with E-state index in [1.165, 1.54) is 23.2 Å². The molecule has 0 aliphatic carbocycles. The van der Waals surface area contributed by atoms with E-state index < -0.39 is 11.9 Å². The third-order valence-electron chi connectivity index (χ3n) is 3.81. The van der Waals surface area contributed by atoms with Crippen molar-refractivity contribution in [3.63, 3.8) is 0 Å². The third kappa shape index (κ3) is 3.21. The second-order valence-corrected chi connectivity index (χ2v) is 5.68. The molecule has 23 heavy (non-hydrogen) atoms. The molecule has 0 spiro atoms. The van der Waals surface area contributed by atoms with Gasteiger partial charge < -0.3 is 9.32 Å². The molecule has 1 aliphatic heterocycles. The van der Waals surface area contributed by atoms with Crippen molar-refractivity contribution in [2.24, 2.45) is 0 Å². The van der Waals surface area contributed by atoms with Crippen LogP contribution in [0.25, 0.3) is 0 Å². The number of hydrogen-bond acceptors (Lipinski definition) is 3. The topological polar surface area (TPSA) is 51.3 Å². The lowest BCUT2D eigenvalue weighted by molar-refractivity contribution is -0.141. The molecular weight excluding hydrogens is 335 g/mol. The summed E-state index contributed by atoms with van der Waals surface area (Å²) in [6.45, 7) is 0.795. The van der Waals surface area contributed by atoms with E-state index in [4.69, 9.17) is 16.0 Å². The maximum Gasteiger partial charge on any atom is 0.435 e. The number of piperidine rings is 1. The number of likely N-dealkylation sites (tertiary alicyclic amines) is 1. The summed E-state index contributed by atoms with van der Waals surface area (Å²) in [4.78, 5) is 14.0. The lowest BCUT2D eigenvalue weighted by Crippen LogP contribution is -2.40. The van der Waals surface area contributed by atoms with Crippen LogP contribution < -0.4 is 0 Å². The van der Waals surface area contributed by atoms with Crippen molar-refractivity contribution in [1.29, 1.82) is 0 Å². The van der Waals surface area contributed by atoms with Gasteiger partial charge in [-0.2, -0.15) is 18.3 Å². The molecule has 1 saturated heterocycles. The highest BCUT2D eigenvalue weighted by molar-refractivity contribution is 6.32.